The van der Waals surface area contributed by atoms with E-state index < -0.39 is 5.91 Å². The summed E-state index contributed by atoms with van der Waals surface area (Å²) < 4.78 is 6.22. The number of halogens is 3. The largest absolute Gasteiger partial charge is 0.506 e. The zero-order chi connectivity index (χ0) is 18.4. The van der Waals surface area contributed by atoms with E-state index in [2.05, 4.69) is 33.4 Å². The molecular formula is C17H15BrCl2N2O3. The Morgan fingerprint density at radius 3 is 2.80 bits per heavy atom. The highest BCUT2D eigenvalue weighted by Gasteiger charge is 2.07. The number of hydrogen-bond donors (Lipinski definition) is 2. The number of hydrogen-bond acceptors (Lipinski definition) is 4. The lowest BCUT2D eigenvalue weighted by atomic mass is 10.2. The molecule has 2 N–H and O–H groups in total. The van der Waals surface area contributed by atoms with Gasteiger partial charge < -0.3 is 9.84 Å². The summed E-state index contributed by atoms with van der Waals surface area (Å²) in [5.41, 5.74) is 3.75. The Labute approximate surface area is 163 Å². The molecule has 2 aromatic rings. The number of nitrogens with zero attached hydrogens (tertiary/aromatic N) is 1. The minimum atomic E-state index is -0.449. The summed E-state index contributed by atoms with van der Waals surface area (Å²) in [4.78, 5) is 11.8. The molecule has 0 bridgehead atoms. The molecule has 0 atom stereocenters. The fraction of sp³-hybridized carbons (Fsp3) is 0.176. The highest BCUT2D eigenvalue weighted by molar-refractivity contribution is 9.10. The average Bonchev–Trinajstić information content (AvgIpc) is 2.57. The van der Waals surface area contributed by atoms with Crippen molar-refractivity contribution in [1.29, 1.82) is 0 Å². The molecule has 2 aromatic carbocycles. The molecule has 0 aliphatic heterocycles. The Balaban J connectivity index is 1.91. The molecule has 8 heteroatoms. The molecule has 0 fully saturated rings. The van der Waals surface area contributed by atoms with Crippen LogP contribution in [0.1, 0.15) is 18.1 Å². The van der Waals surface area contributed by atoms with Gasteiger partial charge in [-0.05, 0) is 52.2 Å². The summed E-state index contributed by atoms with van der Waals surface area (Å²) in [6.45, 7) is 1.85. The first-order valence-electron chi connectivity index (χ1n) is 7.31. The predicted molar refractivity (Wildman–Crippen MR) is 103 cm³/mol. The Hall–Kier alpha value is -1.76. The van der Waals surface area contributed by atoms with Crippen LogP contribution in [0.5, 0.6) is 11.5 Å². The number of aromatic hydroxyl groups is 1. The summed E-state index contributed by atoms with van der Waals surface area (Å²) in [7, 11) is 0. The topological polar surface area (TPSA) is 70.9 Å². The Kier molecular flexibility index (Phi) is 7.11. The molecule has 0 saturated heterocycles. The molecule has 2 rings (SSSR count). The third kappa shape index (κ3) is 5.63. The second kappa shape index (κ2) is 9.08. The number of carbonyl (C=O) groups excluding carboxylic acids is 1. The van der Waals surface area contributed by atoms with Gasteiger partial charge in [-0.2, -0.15) is 5.10 Å². The predicted octanol–water partition coefficient (Wildman–Crippen LogP) is 4.55. The first-order chi connectivity index (χ1) is 11.9. The molecule has 0 aromatic heterocycles. The number of rotatable bonds is 6. The minimum absolute atomic E-state index is 0.101. The number of carbonyl (C=O) groups is 1. The van der Waals surface area contributed by atoms with E-state index >= 15 is 0 Å². The highest BCUT2D eigenvalue weighted by Crippen LogP contribution is 2.30. The van der Waals surface area contributed by atoms with Crippen molar-refractivity contribution >= 4 is 51.3 Å². The van der Waals surface area contributed by atoms with Crippen LogP contribution in [0, 0.1) is 0 Å². The molecule has 0 saturated carbocycles. The fourth-order valence-electron chi connectivity index (χ4n) is 1.92. The van der Waals surface area contributed by atoms with Gasteiger partial charge in [0.1, 0.15) is 11.5 Å². The Morgan fingerprint density at radius 2 is 2.12 bits per heavy atom. The summed E-state index contributed by atoms with van der Waals surface area (Å²) >= 11 is 15.1. The third-order valence-corrected chi connectivity index (χ3v) is 4.34. The van der Waals surface area contributed by atoms with Crippen molar-refractivity contribution < 1.29 is 14.6 Å². The van der Waals surface area contributed by atoms with Crippen LogP contribution in [0.15, 0.2) is 39.9 Å². The molecule has 0 aliphatic rings. The van der Waals surface area contributed by atoms with Gasteiger partial charge in [-0.15, -0.1) is 0 Å². The van der Waals surface area contributed by atoms with E-state index in [1.54, 1.807) is 6.07 Å². The van der Waals surface area contributed by atoms with Crippen molar-refractivity contribution in [1.82, 2.24) is 5.43 Å². The number of phenols is 1. The van der Waals surface area contributed by atoms with Gasteiger partial charge >= 0.3 is 0 Å². The molecule has 0 aliphatic carbocycles. The van der Waals surface area contributed by atoms with E-state index in [1.165, 1.54) is 18.3 Å². The Bertz CT molecular complexity index is 813. The van der Waals surface area contributed by atoms with E-state index in [0.717, 1.165) is 16.5 Å². The van der Waals surface area contributed by atoms with Crippen LogP contribution in [0.4, 0.5) is 0 Å². The van der Waals surface area contributed by atoms with E-state index in [4.69, 9.17) is 27.9 Å². The lowest BCUT2D eigenvalue weighted by Gasteiger charge is -2.08. The van der Waals surface area contributed by atoms with Crippen LogP contribution in [0.2, 0.25) is 10.0 Å². The number of benzene rings is 2. The van der Waals surface area contributed by atoms with Gasteiger partial charge in [0.25, 0.3) is 5.91 Å². The van der Waals surface area contributed by atoms with Gasteiger partial charge in [-0.25, -0.2) is 5.43 Å². The van der Waals surface area contributed by atoms with Crippen molar-refractivity contribution in [2.75, 3.05) is 6.61 Å². The minimum Gasteiger partial charge on any atom is -0.506 e. The lowest BCUT2D eigenvalue weighted by molar-refractivity contribution is -0.123. The van der Waals surface area contributed by atoms with Crippen molar-refractivity contribution in [3.8, 4) is 11.5 Å². The molecule has 1 amide bonds. The molecule has 132 valence electrons. The average molecular weight is 446 g/mol. The van der Waals surface area contributed by atoms with Crippen molar-refractivity contribution in [3.05, 3.63) is 56.0 Å². The van der Waals surface area contributed by atoms with Gasteiger partial charge in [0.15, 0.2) is 6.61 Å². The number of nitrogens with one attached hydrogen (secondary N) is 1. The number of ether oxygens (including phenoxy) is 1. The SMILES string of the molecule is CCc1ccc(OCC(=O)N/N=C/c2cc(Cl)cc(Cl)c2O)c(Br)c1. The number of phenolic OH excluding ortho intramolecular Hbond substituents is 1. The summed E-state index contributed by atoms with van der Waals surface area (Å²) in [6.07, 6.45) is 2.16. The van der Waals surface area contributed by atoms with Crippen LogP contribution in [-0.2, 0) is 11.2 Å². The maximum absolute atomic E-state index is 11.8. The van der Waals surface area contributed by atoms with Crippen molar-refractivity contribution in [2.45, 2.75) is 13.3 Å². The maximum atomic E-state index is 11.8. The summed E-state index contributed by atoms with van der Waals surface area (Å²) in [5.74, 6) is -0.0498. The second-order valence-electron chi connectivity index (χ2n) is 5.03. The second-order valence-corrected chi connectivity index (χ2v) is 6.72. The van der Waals surface area contributed by atoms with Gasteiger partial charge in [-0.1, -0.05) is 36.2 Å². The first-order valence-corrected chi connectivity index (χ1v) is 8.86. The van der Waals surface area contributed by atoms with E-state index in [9.17, 15) is 9.90 Å². The molecule has 0 unspecified atom stereocenters. The quantitative estimate of drug-likeness (QED) is 0.506. The molecule has 0 heterocycles. The summed E-state index contributed by atoms with van der Waals surface area (Å²) in [5, 5.41) is 14.0. The van der Waals surface area contributed by atoms with Crippen LogP contribution in [0.25, 0.3) is 0 Å². The molecule has 25 heavy (non-hydrogen) atoms. The zero-order valence-electron chi connectivity index (χ0n) is 13.2. The molecule has 5 nitrogen and oxygen atoms in total. The lowest BCUT2D eigenvalue weighted by Crippen LogP contribution is -2.24. The van der Waals surface area contributed by atoms with E-state index in [1.807, 2.05) is 12.1 Å². The first kappa shape index (κ1) is 19.6. The van der Waals surface area contributed by atoms with Crippen molar-refractivity contribution in [2.24, 2.45) is 5.10 Å². The summed E-state index contributed by atoms with van der Waals surface area (Å²) in [6, 6.07) is 8.55. The van der Waals surface area contributed by atoms with Gasteiger partial charge in [0.2, 0.25) is 0 Å². The third-order valence-electron chi connectivity index (χ3n) is 3.21. The smallest absolute Gasteiger partial charge is 0.277 e. The van der Waals surface area contributed by atoms with Gasteiger partial charge in [0.05, 0.1) is 15.7 Å². The molecule has 0 spiro atoms. The standard InChI is InChI=1S/C17H15BrCl2N2O3/c1-2-10-3-4-15(13(18)5-10)25-9-16(23)22-21-8-11-6-12(19)7-14(20)17(11)24/h3-8,24H,2,9H2,1H3,(H,22,23)/b21-8+. The van der Waals surface area contributed by atoms with Crippen LogP contribution >= 0.6 is 39.1 Å². The van der Waals surface area contributed by atoms with E-state index in [0.29, 0.717) is 10.8 Å². The Morgan fingerprint density at radius 1 is 1.36 bits per heavy atom. The maximum Gasteiger partial charge on any atom is 0.277 e. The van der Waals surface area contributed by atoms with Crippen LogP contribution < -0.4 is 10.2 Å². The normalized spacial score (nSPS) is 10.9. The fourth-order valence-corrected chi connectivity index (χ4v) is 2.96. The molecular weight excluding hydrogens is 431 g/mol. The van der Waals surface area contributed by atoms with Crippen LogP contribution in [-0.4, -0.2) is 23.8 Å². The van der Waals surface area contributed by atoms with E-state index in [-0.39, 0.29) is 22.9 Å². The van der Waals surface area contributed by atoms with Crippen LogP contribution in [0.3, 0.4) is 0 Å². The number of amides is 1. The number of aryl methyl sites for hydroxylation is 1. The van der Waals surface area contributed by atoms with Gasteiger partial charge in [0, 0.05) is 10.6 Å². The van der Waals surface area contributed by atoms with Crippen molar-refractivity contribution in [3.63, 3.8) is 0 Å². The molecule has 0 radical (unpaired) electrons. The highest BCUT2D eigenvalue weighted by atomic mass is 79.9. The zero-order valence-corrected chi connectivity index (χ0v) is 16.3. The number of hydrazone groups is 1. The van der Waals surface area contributed by atoms with Gasteiger partial charge in [-0.3, -0.25) is 4.79 Å². The monoisotopic (exact) mass is 444 g/mol.